The molecule has 1 saturated heterocycles. The molecule has 3 heterocycles. The fourth-order valence-electron chi connectivity index (χ4n) is 3.60. The summed E-state index contributed by atoms with van der Waals surface area (Å²) in [6.07, 6.45) is 2.13. The lowest BCUT2D eigenvalue weighted by Crippen LogP contribution is -2.52. The Labute approximate surface area is 156 Å². The van der Waals surface area contributed by atoms with Crippen LogP contribution in [0.15, 0.2) is 35.1 Å². The van der Waals surface area contributed by atoms with Gasteiger partial charge in [0.05, 0.1) is 5.56 Å². The Morgan fingerprint density at radius 3 is 2.88 bits per heavy atom. The third-order valence-electron chi connectivity index (χ3n) is 5.07. The summed E-state index contributed by atoms with van der Waals surface area (Å²) in [6, 6.07) is 10.1. The first-order chi connectivity index (χ1) is 12.4. The molecule has 2 aromatic heterocycles. The molecule has 4 rings (SSSR count). The highest BCUT2D eigenvalue weighted by Gasteiger charge is 2.31. The van der Waals surface area contributed by atoms with Crippen LogP contribution in [0, 0.1) is 0 Å². The molecule has 0 saturated carbocycles. The Morgan fingerprint density at radius 2 is 2.08 bits per heavy atom. The molecule has 0 aliphatic carbocycles. The first-order valence-electron chi connectivity index (χ1n) is 8.87. The van der Waals surface area contributed by atoms with Crippen LogP contribution in [0.2, 0.25) is 0 Å². The normalized spacial score (nSPS) is 19.6. The van der Waals surface area contributed by atoms with E-state index in [-0.39, 0.29) is 11.1 Å². The molecule has 1 aromatic carbocycles. The number of para-hydroxylation sites is 1. The molecule has 1 fully saturated rings. The number of pyridine rings is 1. The molecule has 0 amide bonds. The minimum Gasteiger partial charge on any atom is -0.347 e. The van der Waals surface area contributed by atoms with Crippen molar-refractivity contribution in [1.82, 2.24) is 20.5 Å². The minimum atomic E-state index is -0.128. The molecule has 7 heteroatoms. The molecule has 136 valence electrons. The number of hydrogen-bond donors (Lipinski definition) is 2. The van der Waals surface area contributed by atoms with E-state index in [0.29, 0.717) is 16.6 Å². The van der Waals surface area contributed by atoms with Crippen molar-refractivity contribution in [2.75, 3.05) is 18.5 Å². The summed E-state index contributed by atoms with van der Waals surface area (Å²) in [5, 5.41) is 14.7. The van der Waals surface area contributed by atoms with E-state index in [4.69, 9.17) is 0 Å². The summed E-state index contributed by atoms with van der Waals surface area (Å²) in [5.74, 6) is 0. The summed E-state index contributed by atoms with van der Waals surface area (Å²) >= 11 is 1.47. The number of aromatic amines is 1. The quantitative estimate of drug-likeness (QED) is 0.742. The first-order valence-corrected chi connectivity index (χ1v) is 9.68. The number of piperidine rings is 1. The third-order valence-corrected chi connectivity index (χ3v) is 6.12. The van der Waals surface area contributed by atoms with Crippen molar-refractivity contribution in [3.63, 3.8) is 0 Å². The number of rotatable bonds is 3. The van der Waals surface area contributed by atoms with Crippen LogP contribution in [0.3, 0.4) is 0 Å². The molecule has 1 atom stereocenters. The van der Waals surface area contributed by atoms with Gasteiger partial charge in [0.25, 0.3) is 5.56 Å². The van der Waals surface area contributed by atoms with E-state index in [1.165, 1.54) is 11.3 Å². The molecule has 2 N–H and O–H groups in total. The standard InChI is InChI=1S/C19H23N5OS/c1-19(2)11-13(8-9-20-19)24(3)18-23-22-17(26-18)14-10-12-6-4-5-7-15(12)21-16(14)25/h4-7,10,13,20H,8-9,11H2,1-3H3,(H,21,25). The number of hydrogen-bond acceptors (Lipinski definition) is 6. The Bertz CT molecular complexity index is 993. The van der Waals surface area contributed by atoms with Gasteiger partial charge in [-0.25, -0.2) is 0 Å². The van der Waals surface area contributed by atoms with E-state index in [1.54, 1.807) is 0 Å². The maximum Gasteiger partial charge on any atom is 0.258 e. The van der Waals surface area contributed by atoms with E-state index < -0.39 is 0 Å². The number of benzene rings is 1. The second-order valence-corrected chi connectivity index (χ2v) is 8.51. The lowest BCUT2D eigenvalue weighted by molar-refractivity contribution is 0.271. The van der Waals surface area contributed by atoms with Gasteiger partial charge < -0.3 is 15.2 Å². The molecule has 6 nitrogen and oxygen atoms in total. The summed E-state index contributed by atoms with van der Waals surface area (Å²) in [5.41, 5.74) is 1.41. The number of aromatic nitrogens is 3. The van der Waals surface area contributed by atoms with Crippen molar-refractivity contribution in [2.45, 2.75) is 38.3 Å². The van der Waals surface area contributed by atoms with Gasteiger partial charge >= 0.3 is 0 Å². The summed E-state index contributed by atoms with van der Waals surface area (Å²) in [4.78, 5) is 17.6. The number of fused-ring (bicyclic) bond motifs is 1. The second kappa shape index (κ2) is 6.48. The van der Waals surface area contributed by atoms with Gasteiger partial charge in [-0.05, 0) is 50.8 Å². The summed E-state index contributed by atoms with van der Waals surface area (Å²) in [6.45, 7) is 5.46. The van der Waals surface area contributed by atoms with E-state index >= 15 is 0 Å². The minimum absolute atomic E-state index is 0.125. The zero-order valence-corrected chi connectivity index (χ0v) is 16.1. The SMILES string of the molecule is CN(c1nnc(-c2cc3ccccc3[nH]c2=O)s1)C1CCNC(C)(C)C1. The zero-order chi connectivity index (χ0) is 18.3. The second-order valence-electron chi connectivity index (χ2n) is 7.56. The summed E-state index contributed by atoms with van der Waals surface area (Å²) in [7, 11) is 2.07. The van der Waals surface area contributed by atoms with Crippen molar-refractivity contribution in [3.05, 3.63) is 40.7 Å². The molecular formula is C19H23N5OS. The Kier molecular flexibility index (Phi) is 4.28. The number of nitrogens with one attached hydrogen (secondary N) is 2. The van der Waals surface area contributed by atoms with Crippen LogP contribution in [0.4, 0.5) is 5.13 Å². The molecule has 1 aliphatic heterocycles. The fourth-order valence-corrected chi connectivity index (χ4v) is 4.49. The van der Waals surface area contributed by atoms with Crippen LogP contribution in [0.1, 0.15) is 26.7 Å². The molecule has 0 spiro atoms. The maximum absolute atomic E-state index is 12.5. The highest BCUT2D eigenvalue weighted by molar-refractivity contribution is 7.18. The predicted octanol–water partition coefficient (Wildman–Crippen LogP) is 3.01. The largest absolute Gasteiger partial charge is 0.347 e. The van der Waals surface area contributed by atoms with Crippen molar-refractivity contribution < 1.29 is 0 Å². The van der Waals surface area contributed by atoms with Crippen molar-refractivity contribution in [2.24, 2.45) is 0 Å². The number of anilines is 1. The van der Waals surface area contributed by atoms with Gasteiger partial charge in [-0.15, -0.1) is 10.2 Å². The Hall–Kier alpha value is -2.25. The third kappa shape index (κ3) is 3.24. The lowest BCUT2D eigenvalue weighted by Gasteiger charge is -2.40. The number of nitrogens with zero attached hydrogens (tertiary/aromatic N) is 3. The molecule has 1 aliphatic rings. The molecule has 26 heavy (non-hydrogen) atoms. The Balaban J connectivity index is 1.64. The van der Waals surface area contributed by atoms with E-state index in [0.717, 1.165) is 35.4 Å². The average molecular weight is 369 g/mol. The van der Waals surface area contributed by atoms with Gasteiger partial charge in [0, 0.05) is 24.1 Å². The van der Waals surface area contributed by atoms with Crippen molar-refractivity contribution in [1.29, 1.82) is 0 Å². The van der Waals surface area contributed by atoms with Crippen molar-refractivity contribution in [3.8, 4) is 10.6 Å². The monoisotopic (exact) mass is 369 g/mol. The van der Waals surface area contributed by atoms with Crippen molar-refractivity contribution >= 4 is 27.4 Å². The van der Waals surface area contributed by atoms with Crippen LogP contribution in [-0.2, 0) is 0 Å². The van der Waals surface area contributed by atoms with E-state index in [1.807, 2.05) is 30.3 Å². The van der Waals surface area contributed by atoms with Gasteiger partial charge in [0.1, 0.15) is 0 Å². The molecule has 1 unspecified atom stereocenters. The van der Waals surface area contributed by atoms with Gasteiger partial charge in [0.2, 0.25) is 5.13 Å². The molecule has 0 radical (unpaired) electrons. The van der Waals surface area contributed by atoms with Crippen LogP contribution < -0.4 is 15.8 Å². The van der Waals surface area contributed by atoms with Gasteiger partial charge in [0.15, 0.2) is 5.01 Å². The fraction of sp³-hybridized carbons (Fsp3) is 0.421. The first kappa shape index (κ1) is 17.2. The topological polar surface area (TPSA) is 73.9 Å². The van der Waals surface area contributed by atoms with E-state index in [9.17, 15) is 4.79 Å². The zero-order valence-electron chi connectivity index (χ0n) is 15.2. The molecule has 0 bridgehead atoms. The highest BCUT2D eigenvalue weighted by Crippen LogP contribution is 2.31. The van der Waals surface area contributed by atoms with Gasteiger partial charge in [-0.2, -0.15) is 0 Å². The summed E-state index contributed by atoms with van der Waals surface area (Å²) < 4.78 is 0. The van der Waals surface area contributed by atoms with Crippen LogP contribution >= 0.6 is 11.3 Å². The maximum atomic E-state index is 12.5. The lowest BCUT2D eigenvalue weighted by atomic mass is 9.89. The van der Waals surface area contributed by atoms with E-state index in [2.05, 4.69) is 46.3 Å². The van der Waals surface area contributed by atoms with Gasteiger partial charge in [-0.3, -0.25) is 4.79 Å². The van der Waals surface area contributed by atoms with Crippen LogP contribution in [-0.4, -0.2) is 40.4 Å². The van der Waals surface area contributed by atoms with Crippen LogP contribution in [0.5, 0.6) is 0 Å². The highest BCUT2D eigenvalue weighted by atomic mass is 32.1. The molecule has 3 aromatic rings. The molecular weight excluding hydrogens is 346 g/mol. The smallest absolute Gasteiger partial charge is 0.258 e. The Morgan fingerprint density at radius 1 is 1.27 bits per heavy atom. The van der Waals surface area contributed by atoms with Crippen LogP contribution in [0.25, 0.3) is 21.5 Å². The average Bonchev–Trinajstić information content (AvgIpc) is 3.09. The predicted molar refractivity (Wildman–Crippen MR) is 107 cm³/mol. The number of H-pyrrole nitrogens is 1. The van der Waals surface area contributed by atoms with Gasteiger partial charge in [-0.1, -0.05) is 29.5 Å².